The number of likely N-dealkylation sites (N-methyl/N-ethyl adjacent to an activating group) is 1. The van der Waals surface area contributed by atoms with Gasteiger partial charge in [-0.1, -0.05) is 13.0 Å². The lowest BCUT2D eigenvalue weighted by Gasteiger charge is -2.23. The second kappa shape index (κ2) is 5.69. The molecule has 1 aromatic heterocycles. The average Bonchev–Trinajstić information content (AvgIpc) is 2.72. The molecule has 2 rings (SSSR count). The topological polar surface area (TPSA) is 24.9 Å². The van der Waals surface area contributed by atoms with Gasteiger partial charge in [-0.25, -0.2) is 0 Å². The van der Waals surface area contributed by atoms with E-state index in [0.717, 1.165) is 6.54 Å². The van der Waals surface area contributed by atoms with Gasteiger partial charge in [0.15, 0.2) is 0 Å². The van der Waals surface area contributed by atoms with E-state index in [1.807, 2.05) is 18.0 Å². The third-order valence-corrected chi connectivity index (χ3v) is 3.99. The van der Waals surface area contributed by atoms with E-state index in [-0.39, 0.29) is 0 Å². The van der Waals surface area contributed by atoms with Crippen molar-refractivity contribution in [3.8, 4) is 0 Å². The summed E-state index contributed by atoms with van der Waals surface area (Å²) in [5, 5.41) is 3.61. The lowest BCUT2D eigenvalue weighted by Crippen LogP contribution is -2.36. The van der Waals surface area contributed by atoms with Gasteiger partial charge < -0.3 is 5.32 Å². The fourth-order valence-electron chi connectivity index (χ4n) is 2.59. The molecule has 0 saturated carbocycles. The number of hydrogen-bond donors (Lipinski definition) is 1. The summed E-state index contributed by atoms with van der Waals surface area (Å²) in [5.41, 5.74) is 2.79. The fourth-order valence-corrected chi connectivity index (χ4v) is 3.30. The van der Waals surface area contributed by atoms with Crippen molar-refractivity contribution in [1.82, 2.24) is 10.3 Å². The summed E-state index contributed by atoms with van der Waals surface area (Å²) in [6, 6.07) is 4.86. The lowest BCUT2D eigenvalue weighted by molar-refractivity contribution is 0.468. The van der Waals surface area contributed by atoms with Crippen LogP contribution in [0.3, 0.4) is 0 Å². The molecule has 0 amide bonds. The van der Waals surface area contributed by atoms with Crippen LogP contribution >= 0.6 is 11.8 Å². The standard InChI is InChI=1S/C13H20N2S/c1-3-14-12(9-16-2)11-7-6-10-5-4-8-15-13(10)11/h4-5,8,11-12,14H,3,6-7,9H2,1-2H3. The van der Waals surface area contributed by atoms with Crippen molar-refractivity contribution in [3.05, 3.63) is 29.6 Å². The molecule has 3 heteroatoms. The molecule has 1 aromatic rings. The molecule has 1 aliphatic rings. The van der Waals surface area contributed by atoms with Gasteiger partial charge in [0.2, 0.25) is 0 Å². The Morgan fingerprint density at radius 1 is 1.62 bits per heavy atom. The molecule has 0 spiro atoms. The van der Waals surface area contributed by atoms with Crippen molar-refractivity contribution >= 4 is 11.8 Å². The van der Waals surface area contributed by atoms with Gasteiger partial charge in [0, 0.05) is 29.6 Å². The summed E-state index contributed by atoms with van der Waals surface area (Å²) >= 11 is 1.92. The van der Waals surface area contributed by atoms with Crippen LogP contribution in [0.5, 0.6) is 0 Å². The second-order valence-electron chi connectivity index (χ2n) is 4.31. The summed E-state index contributed by atoms with van der Waals surface area (Å²) in [6.45, 7) is 3.23. The highest BCUT2D eigenvalue weighted by Crippen LogP contribution is 2.34. The maximum Gasteiger partial charge on any atom is 0.0482 e. The Morgan fingerprint density at radius 2 is 2.50 bits per heavy atom. The molecule has 2 nitrogen and oxygen atoms in total. The van der Waals surface area contributed by atoms with Crippen LogP contribution < -0.4 is 5.32 Å². The first-order valence-electron chi connectivity index (χ1n) is 6.03. The minimum Gasteiger partial charge on any atom is -0.313 e. The van der Waals surface area contributed by atoms with Crippen LogP contribution in [0.15, 0.2) is 18.3 Å². The van der Waals surface area contributed by atoms with Gasteiger partial charge in [-0.2, -0.15) is 11.8 Å². The maximum atomic E-state index is 4.58. The van der Waals surface area contributed by atoms with E-state index in [9.17, 15) is 0 Å². The van der Waals surface area contributed by atoms with E-state index < -0.39 is 0 Å². The van der Waals surface area contributed by atoms with Gasteiger partial charge in [0.05, 0.1) is 0 Å². The zero-order valence-corrected chi connectivity index (χ0v) is 10.9. The Labute approximate surface area is 102 Å². The average molecular weight is 236 g/mol. The smallest absolute Gasteiger partial charge is 0.0482 e. The van der Waals surface area contributed by atoms with Crippen LogP contribution in [-0.2, 0) is 6.42 Å². The normalized spacial score (nSPS) is 20.8. The first-order valence-corrected chi connectivity index (χ1v) is 7.42. The molecule has 1 aliphatic carbocycles. The molecule has 0 bridgehead atoms. The summed E-state index contributed by atoms with van der Waals surface area (Å²) in [7, 11) is 0. The van der Waals surface area contributed by atoms with Crippen molar-refractivity contribution in [1.29, 1.82) is 0 Å². The molecule has 2 atom stereocenters. The van der Waals surface area contributed by atoms with Gasteiger partial charge in [0.1, 0.15) is 0 Å². The summed E-state index contributed by atoms with van der Waals surface area (Å²) in [5.74, 6) is 1.79. The molecule has 2 unspecified atom stereocenters. The number of pyridine rings is 1. The zero-order valence-electron chi connectivity index (χ0n) is 10.1. The predicted octanol–water partition coefficient (Wildman–Crippen LogP) is 2.45. The van der Waals surface area contributed by atoms with Crippen LogP contribution in [-0.4, -0.2) is 29.6 Å². The van der Waals surface area contributed by atoms with Crippen LogP contribution in [0.25, 0.3) is 0 Å². The number of nitrogens with zero attached hydrogens (tertiary/aromatic N) is 1. The van der Waals surface area contributed by atoms with Crippen molar-refractivity contribution in [2.24, 2.45) is 0 Å². The van der Waals surface area contributed by atoms with Crippen molar-refractivity contribution in [2.45, 2.75) is 31.7 Å². The van der Waals surface area contributed by atoms with Gasteiger partial charge in [-0.15, -0.1) is 0 Å². The third kappa shape index (κ3) is 2.41. The van der Waals surface area contributed by atoms with E-state index in [1.165, 1.54) is 29.9 Å². The molecule has 0 aliphatic heterocycles. The Kier molecular flexibility index (Phi) is 4.24. The maximum absolute atomic E-state index is 4.58. The van der Waals surface area contributed by atoms with Crippen LogP contribution in [0.4, 0.5) is 0 Å². The van der Waals surface area contributed by atoms with E-state index in [0.29, 0.717) is 12.0 Å². The predicted molar refractivity (Wildman–Crippen MR) is 71.1 cm³/mol. The van der Waals surface area contributed by atoms with Crippen LogP contribution in [0.1, 0.15) is 30.5 Å². The molecule has 0 saturated heterocycles. The zero-order chi connectivity index (χ0) is 11.4. The van der Waals surface area contributed by atoms with Crippen LogP contribution in [0, 0.1) is 0 Å². The molecule has 0 aromatic carbocycles. The lowest BCUT2D eigenvalue weighted by atomic mass is 9.98. The molecular formula is C13H20N2S. The number of aromatic nitrogens is 1. The first-order chi connectivity index (χ1) is 7.86. The van der Waals surface area contributed by atoms with Crippen molar-refractivity contribution < 1.29 is 0 Å². The van der Waals surface area contributed by atoms with Crippen molar-refractivity contribution in [2.75, 3.05) is 18.6 Å². The third-order valence-electron chi connectivity index (χ3n) is 3.30. The highest BCUT2D eigenvalue weighted by molar-refractivity contribution is 7.98. The van der Waals surface area contributed by atoms with Gasteiger partial charge in [-0.3, -0.25) is 4.98 Å². The molecule has 1 heterocycles. The van der Waals surface area contributed by atoms with Crippen molar-refractivity contribution in [3.63, 3.8) is 0 Å². The molecule has 16 heavy (non-hydrogen) atoms. The number of thioether (sulfide) groups is 1. The van der Waals surface area contributed by atoms with Gasteiger partial charge in [0.25, 0.3) is 0 Å². The quantitative estimate of drug-likeness (QED) is 0.850. The number of fused-ring (bicyclic) bond motifs is 1. The Hall–Kier alpha value is -0.540. The summed E-state index contributed by atoms with van der Waals surface area (Å²) < 4.78 is 0. The van der Waals surface area contributed by atoms with E-state index in [2.05, 4.69) is 35.6 Å². The highest BCUT2D eigenvalue weighted by Gasteiger charge is 2.29. The van der Waals surface area contributed by atoms with E-state index >= 15 is 0 Å². The Bertz CT molecular complexity index is 334. The number of nitrogens with one attached hydrogen (secondary N) is 1. The molecule has 1 N–H and O–H groups in total. The second-order valence-corrected chi connectivity index (χ2v) is 5.22. The minimum absolute atomic E-state index is 0.580. The first kappa shape index (κ1) is 11.9. The number of rotatable bonds is 5. The van der Waals surface area contributed by atoms with Gasteiger partial charge in [-0.05, 0) is 37.3 Å². The van der Waals surface area contributed by atoms with Crippen LogP contribution in [0.2, 0.25) is 0 Å². The van der Waals surface area contributed by atoms with E-state index in [1.54, 1.807) is 0 Å². The summed E-state index contributed by atoms with van der Waals surface area (Å²) in [4.78, 5) is 4.58. The minimum atomic E-state index is 0.580. The fraction of sp³-hybridized carbons (Fsp3) is 0.615. The molecule has 0 radical (unpaired) electrons. The molecule has 88 valence electrons. The Balaban J connectivity index is 2.15. The monoisotopic (exact) mass is 236 g/mol. The highest BCUT2D eigenvalue weighted by atomic mass is 32.2. The number of hydrogen-bond acceptors (Lipinski definition) is 3. The largest absolute Gasteiger partial charge is 0.313 e. The molecular weight excluding hydrogens is 216 g/mol. The SMILES string of the molecule is CCNC(CSC)C1CCc2cccnc21. The van der Waals surface area contributed by atoms with Gasteiger partial charge >= 0.3 is 0 Å². The molecule has 0 fully saturated rings. The Morgan fingerprint density at radius 3 is 3.25 bits per heavy atom. The van der Waals surface area contributed by atoms with E-state index in [4.69, 9.17) is 0 Å². The summed E-state index contributed by atoms with van der Waals surface area (Å²) in [6.07, 6.45) is 6.56. The number of aryl methyl sites for hydroxylation is 1.